The summed E-state index contributed by atoms with van der Waals surface area (Å²) >= 11 is 0. The number of anilines is 1. The SMILES string of the molecule is CCOC(=O)c1ccc(Cc2nc(NCc3ccc(OCCCNC(=O)OC(C)(C)C)cc3)nc(OCC)n2)cc1. The molecule has 0 aliphatic carbocycles. The number of aromatic nitrogens is 3. The van der Waals surface area contributed by atoms with Gasteiger partial charge in [0.05, 0.1) is 25.4 Å². The number of ether oxygens (including phenoxy) is 4. The first-order valence-corrected chi connectivity index (χ1v) is 13.7. The number of benzene rings is 2. The van der Waals surface area contributed by atoms with Crippen LogP contribution in [0.2, 0.25) is 0 Å². The summed E-state index contributed by atoms with van der Waals surface area (Å²) in [5, 5.41) is 5.95. The maximum absolute atomic E-state index is 11.9. The third-order valence-electron chi connectivity index (χ3n) is 5.39. The van der Waals surface area contributed by atoms with Gasteiger partial charge in [-0.2, -0.15) is 15.0 Å². The molecule has 1 heterocycles. The van der Waals surface area contributed by atoms with E-state index in [1.165, 1.54) is 0 Å². The van der Waals surface area contributed by atoms with Crippen molar-refractivity contribution in [3.8, 4) is 11.8 Å². The molecule has 1 amide bonds. The standard InChI is InChI=1S/C30H39N5O6/c1-6-38-26(36)23-13-9-21(10-14-23)19-25-33-27(35-28(34-25)39-7-2)32-20-22-11-15-24(16-12-22)40-18-8-17-31-29(37)41-30(3,4)5/h9-16H,6-8,17-20H2,1-5H3,(H,31,37)(H,32,33,34,35). The van der Waals surface area contributed by atoms with E-state index < -0.39 is 11.7 Å². The fourth-order valence-corrected chi connectivity index (χ4v) is 3.56. The van der Waals surface area contributed by atoms with Crippen LogP contribution in [0.4, 0.5) is 10.7 Å². The van der Waals surface area contributed by atoms with Crippen molar-refractivity contribution in [2.24, 2.45) is 0 Å². The van der Waals surface area contributed by atoms with Crippen molar-refractivity contribution in [3.63, 3.8) is 0 Å². The van der Waals surface area contributed by atoms with Gasteiger partial charge in [0.15, 0.2) is 0 Å². The van der Waals surface area contributed by atoms with Gasteiger partial charge in [-0.25, -0.2) is 9.59 Å². The topological polar surface area (TPSA) is 134 Å². The Balaban J connectivity index is 1.51. The molecule has 2 N–H and O–H groups in total. The summed E-state index contributed by atoms with van der Waals surface area (Å²) in [5.74, 6) is 1.33. The molecular weight excluding hydrogens is 526 g/mol. The minimum Gasteiger partial charge on any atom is -0.494 e. The Morgan fingerprint density at radius 3 is 2.22 bits per heavy atom. The summed E-state index contributed by atoms with van der Waals surface area (Å²) < 4.78 is 21.6. The first kappa shape index (κ1) is 31.1. The van der Waals surface area contributed by atoms with Crippen molar-refractivity contribution < 1.29 is 28.5 Å². The Labute approximate surface area is 241 Å². The van der Waals surface area contributed by atoms with E-state index >= 15 is 0 Å². The molecular formula is C30H39N5O6. The summed E-state index contributed by atoms with van der Waals surface area (Å²) in [6, 6.07) is 15.1. The molecule has 0 bridgehead atoms. The predicted octanol–water partition coefficient (Wildman–Crippen LogP) is 4.94. The van der Waals surface area contributed by atoms with Gasteiger partial charge in [0.1, 0.15) is 17.2 Å². The van der Waals surface area contributed by atoms with Gasteiger partial charge in [-0.3, -0.25) is 0 Å². The van der Waals surface area contributed by atoms with E-state index in [4.69, 9.17) is 18.9 Å². The van der Waals surface area contributed by atoms with Crippen LogP contribution >= 0.6 is 0 Å². The molecule has 0 saturated heterocycles. The summed E-state index contributed by atoms with van der Waals surface area (Å²) in [5.41, 5.74) is 1.93. The van der Waals surface area contributed by atoms with Crippen molar-refractivity contribution in [1.29, 1.82) is 0 Å². The largest absolute Gasteiger partial charge is 0.494 e. The van der Waals surface area contributed by atoms with Crippen molar-refractivity contribution >= 4 is 18.0 Å². The van der Waals surface area contributed by atoms with Crippen LogP contribution in [0.3, 0.4) is 0 Å². The molecule has 0 aliphatic heterocycles. The summed E-state index contributed by atoms with van der Waals surface area (Å²) in [4.78, 5) is 36.9. The van der Waals surface area contributed by atoms with E-state index in [1.54, 1.807) is 19.1 Å². The maximum atomic E-state index is 11.9. The molecule has 0 radical (unpaired) electrons. The average Bonchev–Trinajstić information content (AvgIpc) is 2.92. The zero-order valence-corrected chi connectivity index (χ0v) is 24.4. The second-order valence-electron chi connectivity index (χ2n) is 10.0. The van der Waals surface area contributed by atoms with Gasteiger partial charge >= 0.3 is 18.1 Å². The lowest BCUT2D eigenvalue weighted by Gasteiger charge is -2.19. The van der Waals surface area contributed by atoms with Crippen LogP contribution in [0.5, 0.6) is 11.8 Å². The van der Waals surface area contributed by atoms with E-state index in [0.717, 1.165) is 16.9 Å². The van der Waals surface area contributed by atoms with Crippen molar-refractivity contribution in [2.75, 3.05) is 31.7 Å². The highest BCUT2D eigenvalue weighted by Crippen LogP contribution is 2.16. The molecule has 220 valence electrons. The van der Waals surface area contributed by atoms with Crippen LogP contribution < -0.4 is 20.1 Å². The van der Waals surface area contributed by atoms with Crippen LogP contribution in [0, 0.1) is 0 Å². The lowest BCUT2D eigenvalue weighted by atomic mass is 10.1. The van der Waals surface area contributed by atoms with Gasteiger partial charge in [-0.15, -0.1) is 0 Å². The van der Waals surface area contributed by atoms with Crippen LogP contribution in [0.25, 0.3) is 0 Å². The van der Waals surface area contributed by atoms with Crippen molar-refractivity contribution in [3.05, 3.63) is 71.0 Å². The third kappa shape index (κ3) is 11.3. The summed E-state index contributed by atoms with van der Waals surface area (Å²) in [6.07, 6.45) is 0.666. The molecule has 3 aromatic rings. The minimum atomic E-state index is -0.519. The van der Waals surface area contributed by atoms with E-state index in [1.807, 2.05) is 64.1 Å². The zero-order valence-electron chi connectivity index (χ0n) is 24.4. The number of carbonyl (C=O) groups is 2. The number of esters is 1. The highest BCUT2D eigenvalue weighted by molar-refractivity contribution is 5.89. The lowest BCUT2D eigenvalue weighted by molar-refractivity contribution is 0.0515. The van der Waals surface area contributed by atoms with Crippen molar-refractivity contribution in [2.45, 2.75) is 59.6 Å². The molecule has 0 atom stereocenters. The number of nitrogens with zero attached hydrogens (tertiary/aromatic N) is 3. The van der Waals surface area contributed by atoms with Crippen LogP contribution in [0.15, 0.2) is 48.5 Å². The maximum Gasteiger partial charge on any atom is 0.407 e. The van der Waals surface area contributed by atoms with Gasteiger partial charge < -0.3 is 29.6 Å². The molecule has 0 fully saturated rings. The quantitative estimate of drug-likeness (QED) is 0.204. The average molecular weight is 566 g/mol. The number of rotatable bonds is 14. The predicted molar refractivity (Wildman–Crippen MR) is 154 cm³/mol. The van der Waals surface area contributed by atoms with E-state index in [0.29, 0.717) is 63.1 Å². The molecule has 41 heavy (non-hydrogen) atoms. The molecule has 0 aliphatic rings. The second kappa shape index (κ2) is 15.4. The fraction of sp³-hybridized carbons (Fsp3) is 0.433. The summed E-state index contributed by atoms with van der Waals surface area (Å²) in [7, 11) is 0. The van der Waals surface area contributed by atoms with Gasteiger partial charge in [-0.1, -0.05) is 24.3 Å². The fourth-order valence-electron chi connectivity index (χ4n) is 3.56. The molecule has 11 nitrogen and oxygen atoms in total. The van der Waals surface area contributed by atoms with Crippen LogP contribution in [0.1, 0.15) is 68.3 Å². The molecule has 0 saturated carbocycles. The molecule has 11 heteroatoms. The molecule has 2 aromatic carbocycles. The lowest BCUT2D eigenvalue weighted by Crippen LogP contribution is -2.33. The first-order valence-electron chi connectivity index (χ1n) is 13.7. The third-order valence-corrected chi connectivity index (χ3v) is 5.39. The molecule has 1 aromatic heterocycles. The number of nitrogens with one attached hydrogen (secondary N) is 2. The number of amides is 1. The number of alkyl carbamates (subject to hydrolysis) is 1. The first-order chi connectivity index (χ1) is 19.6. The number of hydrogen-bond acceptors (Lipinski definition) is 10. The second-order valence-corrected chi connectivity index (χ2v) is 10.0. The molecule has 3 rings (SSSR count). The minimum absolute atomic E-state index is 0.244. The summed E-state index contributed by atoms with van der Waals surface area (Å²) in [6.45, 7) is 11.3. The molecule has 0 spiro atoms. The van der Waals surface area contributed by atoms with E-state index in [9.17, 15) is 9.59 Å². The Kier molecular flexibility index (Phi) is 11.7. The highest BCUT2D eigenvalue weighted by Gasteiger charge is 2.15. The number of hydrogen-bond donors (Lipinski definition) is 2. The normalized spacial score (nSPS) is 11.0. The van der Waals surface area contributed by atoms with Gasteiger partial charge in [0.2, 0.25) is 5.95 Å². The number of carbonyl (C=O) groups excluding carboxylic acids is 2. The Morgan fingerprint density at radius 1 is 0.854 bits per heavy atom. The van der Waals surface area contributed by atoms with Crippen LogP contribution in [-0.4, -0.2) is 59.0 Å². The Morgan fingerprint density at radius 2 is 1.56 bits per heavy atom. The Bertz CT molecular complexity index is 1260. The van der Waals surface area contributed by atoms with Gasteiger partial charge in [0.25, 0.3) is 0 Å². The van der Waals surface area contributed by atoms with Gasteiger partial charge in [0, 0.05) is 19.5 Å². The Hall–Kier alpha value is -4.41. The monoisotopic (exact) mass is 565 g/mol. The van der Waals surface area contributed by atoms with E-state index in [2.05, 4.69) is 25.6 Å². The molecule has 0 unspecified atom stereocenters. The van der Waals surface area contributed by atoms with Crippen molar-refractivity contribution in [1.82, 2.24) is 20.3 Å². The smallest absolute Gasteiger partial charge is 0.407 e. The van der Waals surface area contributed by atoms with Gasteiger partial charge in [-0.05, 0) is 76.4 Å². The van der Waals surface area contributed by atoms with E-state index in [-0.39, 0.29) is 12.0 Å². The highest BCUT2D eigenvalue weighted by atomic mass is 16.6. The van der Waals surface area contributed by atoms with Crippen LogP contribution in [-0.2, 0) is 22.4 Å². The zero-order chi connectivity index (χ0) is 29.7.